The molecular formula is C16H21NO4S. The highest BCUT2D eigenvalue weighted by Crippen LogP contribution is 2.24. The first-order chi connectivity index (χ1) is 10.4. The number of carbonyl (C=O) groups excluding carboxylic acids is 1. The zero-order valence-electron chi connectivity index (χ0n) is 12.7. The third kappa shape index (κ3) is 4.38. The van der Waals surface area contributed by atoms with Crippen molar-refractivity contribution < 1.29 is 17.6 Å². The van der Waals surface area contributed by atoms with E-state index in [0.29, 0.717) is 0 Å². The number of amides is 1. The summed E-state index contributed by atoms with van der Waals surface area (Å²) in [6, 6.07) is 3.19. The third-order valence-electron chi connectivity index (χ3n) is 3.81. The molecule has 1 heterocycles. The number of hydrogen-bond acceptors (Lipinski definition) is 4. The molecule has 1 amide bonds. The molecule has 0 unspecified atom stereocenters. The lowest BCUT2D eigenvalue weighted by atomic mass is 9.94. The molecule has 1 aromatic heterocycles. The maximum atomic E-state index is 12.6. The van der Waals surface area contributed by atoms with Gasteiger partial charge in [0.1, 0.15) is 11.5 Å². The first-order valence-electron chi connectivity index (χ1n) is 7.41. The van der Waals surface area contributed by atoms with Crippen molar-refractivity contribution in [1.29, 1.82) is 0 Å². The summed E-state index contributed by atoms with van der Waals surface area (Å²) in [7, 11) is -3.19. The van der Waals surface area contributed by atoms with Crippen molar-refractivity contribution in [2.24, 2.45) is 0 Å². The minimum atomic E-state index is -3.19. The van der Waals surface area contributed by atoms with Gasteiger partial charge >= 0.3 is 0 Å². The summed E-state index contributed by atoms with van der Waals surface area (Å²) in [5.41, 5.74) is 0. The Hall–Kier alpha value is -1.74. The monoisotopic (exact) mass is 323 g/mol. The third-order valence-corrected chi connectivity index (χ3v) is 4.62. The van der Waals surface area contributed by atoms with Crippen molar-refractivity contribution in [2.45, 2.75) is 43.9 Å². The minimum absolute atomic E-state index is 0.140. The number of sulfone groups is 1. The standard InChI is InChI=1S/C16H21NO4S/c1-3-11-17(13-7-5-4-6-8-13)16(18)15-10-9-14(21-15)12-22(2,19)20/h1,9-10,13H,4-8,11-12H2,2H3. The van der Waals surface area contributed by atoms with Gasteiger partial charge in [-0.15, -0.1) is 6.42 Å². The predicted octanol–water partition coefficient (Wildman–Crippen LogP) is 2.23. The van der Waals surface area contributed by atoms with Crippen molar-refractivity contribution in [3.63, 3.8) is 0 Å². The van der Waals surface area contributed by atoms with E-state index < -0.39 is 9.84 Å². The summed E-state index contributed by atoms with van der Waals surface area (Å²) in [5, 5.41) is 0. The van der Waals surface area contributed by atoms with Crippen LogP contribution in [0.25, 0.3) is 0 Å². The largest absolute Gasteiger partial charge is 0.455 e. The molecule has 0 aliphatic heterocycles. The van der Waals surface area contributed by atoms with E-state index in [-0.39, 0.29) is 35.8 Å². The Morgan fingerprint density at radius 1 is 1.36 bits per heavy atom. The van der Waals surface area contributed by atoms with E-state index in [0.717, 1.165) is 31.9 Å². The molecule has 0 saturated heterocycles. The fourth-order valence-electron chi connectivity index (χ4n) is 2.83. The SMILES string of the molecule is C#CCN(C(=O)c1ccc(CS(C)(=O)=O)o1)C1CCCCC1. The Bertz CT molecular complexity index is 663. The van der Waals surface area contributed by atoms with Crippen LogP contribution in [0.2, 0.25) is 0 Å². The van der Waals surface area contributed by atoms with Crippen molar-refractivity contribution in [2.75, 3.05) is 12.8 Å². The van der Waals surface area contributed by atoms with Gasteiger partial charge in [-0.25, -0.2) is 8.42 Å². The molecule has 5 nitrogen and oxygen atoms in total. The summed E-state index contributed by atoms with van der Waals surface area (Å²) >= 11 is 0. The normalized spacial score (nSPS) is 16.2. The summed E-state index contributed by atoms with van der Waals surface area (Å²) in [4.78, 5) is 14.3. The van der Waals surface area contributed by atoms with Gasteiger partial charge in [0, 0.05) is 12.3 Å². The van der Waals surface area contributed by atoms with Gasteiger partial charge in [-0.1, -0.05) is 25.2 Å². The lowest BCUT2D eigenvalue weighted by Crippen LogP contribution is -2.41. The van der Waals surface area contributed by atoms with Crippen LogP contribution in [0.5, 0.6) is 0 Å². The fourth-order valence-corrected chi connectivity index (χ4v) is 3.50. The van der Waals surface area contributed by atoms with Gasteiger partial charge in [-0.2, -0.15) is 0 Å². The molecule has 0 atom stereocenters. The Kier molecular flexibility index (Phi) is 5.30. The molecule has 22 heavy (non-hydrogen) atoms. The predicted molar refractivity (Wildman–Crippen MR) is 84.0 cm³/mol. The van der Waals surface area contributed by atoms with Gasteiger partial charge in [0.2, 0.25) is 0 Å². The molecule has 0 aromatic carbocycles. The average molecular weight is 323 g/mol. The highest BCUT2D eigenvalue weighted by atomic mass is 32.2. The van der Waals surface area contributed by atoms with Gasteiger partial charge in [0.15, 0.2) is 15.6 Å². The molecule has 2 rings (SSSR count). The highest BCUT2D eigenvalue weighted by molar-refractivity contribution is 7.89. The Labute approximate surface area is 131 Å². The molecular weight excluding hydrogens is 302 g/mol. The lowest BCUT2D eigenvalue weighted by Gasteiger charge is -2.32. The molecule has 1 aliphatic carbocycles. The smallest absolute Gasteiger partial charge is 0.290 e. The van der Waals surface area contributed by atoms with Crippen molar-refractivity contribution >= 4 is 15.7 Å². The second-order valence-electron chi connectivity index (χ2n) is 5.77. The van der Waals surface area contributed by atoms with Crippen LogP contribution in [0.3, 0.4) is 0 Å². The fraction of sp³-hybridized carbons (Fsp3) is 0.562. The Morgan fingerprint density at radius 2 is 2.05 bits per heavy atom. The average Bonchev–Trinajstić information content (AvgIpc) is 2.91. The molecule has 1 aliphatic rings. The highest BCUT2D eigenvalue weighted by Gasteiger charge is 2.27. The van der Waals surface area contributed by atoms with E-state index in [1.54, 1.807) is 4.90 Å². The minimum Gasteiger partial charge on any atom is -0.455 e. The van der Waals surface area contributed by atoms with Crippen LogP contribution in [-0.4, -0.2) is 38.1 Å². The zero-order valence-corrected chi connectivity index (χ0v) is 13.6. The van der Waals surface area contributed by atoms with E-state index in [1.807, 2.05) is 0 Å². The number of rotatable bonds is 5. The molecule has 6 heteroatoms. The first kappa shape index (κ1) is 16.6. The summed E-state index contributed by atoms with van der Waals surface area (Å²) in [6.07, 6.45) is 11.8. The number of hydrogen-bond donors (Lipinski definition) is 0. The van der Waals surface area contributed by atoms with E-state index in [9.17, 15) is 13.2 Å². The Balaban J connectivity index is 2.14. The van der Waals surface area contributed by atoms with Gasteiger partial charge in [0.05, 0.1) is 6.54 Å². The first-order valence-corrected chi connectivity index (χ1v) is 9.47. The molecule has 1 aromatic rings. The molecule has 1 fully saturated rings. The quantitative estimate of drug-likeness (QED) is 0.779. The van der Waals surface area contributed by atoms with Crippen LogP contribution in [0.15, 0.2) is 16.5 Å². The van der Waals surface area contributed by atoms with E-state index in [4.69, 9.17) is 10.8 Å². The maximum absolute atomic E-state index is 12.6. The van der Waals surface area contributed by atoms with Crippen LogP contribution >= 0.6 is 0 Å². The zero-order chi connectivity index (χ0) is 16.2. The molecule has 0 bridgehead atoms. The number of furan rings is 1. The van der Waals surface area contributed by atoms with Gasteiger partial charge in [-0.05, 0) is 25.0 Å². The second-order valence-corrected chi connectivity index (χ2v) is 7.91. The van der Waals surface area contributed by atoms with Gasteiger partial charge < -0.3 is 9.32 Å². The van der Waals surface area contributed by atoms with Crippen LogP contribution in [0.4, 0.5) is 0 Å². The molecule has 1 saturated carbocycles. The van der Waals surface area contributed by atoms with Crippen LogP contribution in [0.1, 0.15) is 48.4 Å². The maximum Gasteiger partial charge on any atom is 0.290 e. The van der Waals surface area contributed by atoms with Crippen molar-refractivity contribution in [3.8, 4) is 12.3 Å². The van der Waals surface area contributed by atoms with E-state index in [1.165, 1.54) is 18.6 Å². The Morgan fingerprint density at radius 3 is 2.64 bits per heavy atom. The van der Waals surface area contributed by atoms with Crippen LogP contribution < -0.4 is 0 Å². The van der Waals surface area contributed by atoms with Crippen LogP contribution in [0, 0.1) is 12.3 Å². The molecule has 120 valence electrons. The van der Waals surface area contributed by atoms with Crippen LogP contribution in [-0.2, 0) is 15.6 Å². The number of nitrogens with zero attached hydrogens (tertiary/aromatic N) is 1. The topological polar surface area (TPSA) is 67.6 Å². The summed E-state index contributed by atoms with van der Waals surface area (Å²) in [6.45, 7) is 0.242. The van der Waals surface area contributed by atoms with Gasteiger partial charge in [0.25, 0.3) is 5.91 Å². The number of carbonyl (C=O) groups is 1. The van der Waals surface area contributed by atoms with Crippen molar-refractivity contribution in [1.82, 2.24) is 4.90 Å². The lowest BCUT2D eigenvalue weighted by molar-refractivity contribution is 0.0633. The second kappa shape index (κ2) is 7.01. The van der Waals surface area contributed by atoms with Gasteiger partial charge in [-0.3, -0.25) is 4.79 Å². The summed E-state index contributed by atoms with van der Waals surface area (Å²) < 4.78 is 28.0. The number of terminal acetylenes is 1. The van der Waals surface area contributed by atoms with E-state index in [2.05, 4.69) is 5.92 Å². The summed E-state index contributed by atoms with van der Waals surface area (Å²) in [5.74, 6) is 2.48. The molecule has 0 radical (unpaired) electrons. The molecule has 0 spiro atoms. The van der Waals surface area contributed by atoms with E-state index >= 15 is 0 Å². The molecule has 0 N–H and O–H groups in total. The van der Waals surface area contributed by atoms with Crippen molar-refractivity contribution in [3.05, 3.63) is 23.7 Å².